The van der Waals surface area contributed by atoms with Gasteiger partial charge in [-0.2, -0.15) is 0 Å². The predicted molar refractivity (Wildman–Crippen MR) is 99.9 cm³/mol. The number of nitrogens with zero attached hydrogens (tertiary/aromatic N) is 1. The van der Waals surface area contributed by atoms with Crippen LogP contribution in [0.4, 0.5) is 11.4 Å². The van der Waals surface area contributed by atoms with Gasteiger partial charge in [-0.1, -0.05) is 24.3 Å². The van der Waals surface area contributed by atoms with Crippen molar-refractivity contribution in [2.45, 2.75) is 18.9 Å². The summed E-state index contributed by atoms with van der Waals surface area (Å²) in [6, 6.07) is 11.2. The normalized spacial score (nSPS) is 17.8. The number of carbonyl (C=O) groups is 2. The van der Waals surface area contributed by atoms with Gasteiger partial charge in [-0.15, -0.1) is 0 Å². The van der Waals surface area contributed by atoms with Crippen molar-refractivity contribution in [3.05, 3.63) is 63.7 Å². The van der Waals surface area contributed by atoms with Gasteiger partial charge in [0.25, 0.3) is 5.69 Å². The van der Waals surface area contributed by atoms with Crippen molar-refractivity contribution in [1.29, 1.82) is 0 Å². The molecule has 28 heavy (non-hydrogen) atoms. The van der Waals surface area contributed by atoms with Crippen molar-refractivity contribution in [3.8, 4) is 5.75 Å². The minimum Gasteiger partial charge on any atom is -0.493 e. The molecule has 9 heteroatoms. The highest BCUT2D eigenvalue weighted by Gasteiger charge is 2.36. The molecule has 0 radical (unpaired) electrons. The average molecular weight is 385 g/mol. The number of ether oxygens (including phenoxy) is 1. The third-order valence-electron chi connectivity index (χ3n) is 4.51. The molecule has 1 heterocycles. The molecule has 3 rings (SSSR count). The van der Waals surface area contributed by atoms with Crippen molar-refractivity contribution in [2.24, 2.45) is 0 Å². The van der Waals surface area contributed by atoms with Gasteiger partial charge in [0.05, 0.1) is 18.1 Å². The molecule has 1 unspecified atom stereocenters. The first-order valence-corrected chi connectivity index (χ1v) is 8.59. The molecule has 0 spiro atoms. The molecule has 3 N–H and O–H groups in total. The minimum absolute atomic E-state index is 0.0779. The summed E-state index contributed by atoms with van der Waals surface area (Å²) in [7, 11) is 0. The molecule has 1 atom stereocenters. The van der Waals surface area contributed by atoms with Crippen LogP contribution in [0.5, 0.6) is 5.75 Å². The number of hydrogen-bond acceptors (Lipinski definition) is 6. The fraction of sp³-hybridized carbons (Fsp3) is 0.263. The maximum Gasteiger partial charge on any atom is 0.313 e. The SMILES string of the molecule is Cc1ccc(NC(=O)C(=O)NCC2(O)CCOc3ccccc32)c([N+](=O)[O-])c1. The van der Waals surface area contributed by atoms with E-state index in [4.69, 9.17) is 4.74 Å². The number of anilines is 1. The zero-order valence-electron chi connectivity index (χ0n) is 15.1. The van der Waals surface area contributed by atoms with Crippen LogP contribution in [0.3, 0.4) is 0 Å². The number of hydrogen-bond donors (Lipinski definition) is 3. The number of nitrogens with one attached hydrogen (secondary N) is 2. The van der Waals surface area contributed by atoms with E-state index in [0.29, 0.717) is 16.9 Å². The number of benzene rings is 2. The van der Waals surface area contributed by atoms with Gasteiger partial charge >= 0.3 is 11.8 Å². The Bertz CT molecular complexity index is 945. The maximum atomic E-state index is 12.2. The van der Waals surface area contributed by atoms with Gasteiger partial charge in [-0.25, -0.2) is 0 Å². The molecule has 0 bridgehead atoms. The lowest BCUT2D eigenvalue weighted by atomic mass is 9.88. The van der Waals surface area contributed by atoms with Crippen LogP contribution in [0.1, 0.15) is 17.5 Å². The van der Waals surface area contributed by atoms with E-state index in [9.17, 15) is 24.8 Å². The number of amides is 2. The summed E-state index contributed by atoms with van der Waals surface area (Å²) in [5.41, 5.74) is -0.588. The quantitative estimate of drug-likeness (QED) is 0.416. The van der Waals surface area contributed by atoms with Crippen LogP contribution in [0.15, 0.2) is 42.5 Å². The number of nitro groups is 1. The maximum absolute atomic E-state index is 12.2. The van der Waals surface area contributed by atoms with Crippen LogP contribution >= 0.6 is 0 Å². The Hall–Kier alpha value is -3.46. The lowest BCUT2D eigenvalue weighted by Crippen LogP contribution is -2.46. The number of aliphatic hydroxyl groups is 1. The van der Waals surface area contributed by atoms with Gasteiger partial charge in [-0.05, 0) is 24.6 Å². The largest absolute Gasteiger partial charge is 0.493 e. The van der Waals surface area contributed by atoms with E-state index in [1.165, 1.54) is 12.1 Å². The smallest absolute Gasteiger partial charge is 0.313 e. The molecular weight excluding hydrogens is 366 g/mol. The van der Waals surface area contributed by atoms with Gasteiger partial charge in [-0.3, -0.25) is 19.7 Å². The number of aryl methyl sites for hydroxylation is 1. The Kier molecular flexibility index (Phi) is 5.27. The van der Waals surface area contributed by atoms with Crippen LogP contribution in [0.2, 0.25) is 0 Å². The summed E-state index contributed by atoms with van der Waals surface area (Å²) < 4.78 is 5.48. The summed E-state index contributed by atoms with van der Waals surface area (Å²) in [5, 5.41) is 26.6. The second-order valence-electron chi connectivity index (χ2n) is 6.54. The second-order valence-corrected chi connectivity index (χ2v) is 6.54. The molecule has 2 amide bonds. The Balaban J connectivity index is 1.68. The van der Waals surface area contributed by atoms with Crippen LogP contribution < -0.4 is 15.4 Å². The van der Waals surface area contributed by atoms with Crippen molar-refractivity contribution >= 4 is 23.2 Å². The highest BCUT2D eigenvalue weighted by atomic mass is 16.6. The third-order valence-corrected chi connectivity index (χ3v) is 4.51. The van der Waals surface area contributed by atoms with Crippen molar-refractivity contribution in [3.63, 3.8) is 0 Å². The summed E-state index contributed by atoms with van der Waals surface area (Å²) in [6.07, 6.45) is 0.245. The first-order chi connectivity index (χ1) is 13.3. The van der Waals surface area contributed by atoms with Crippen molar-refractivity contribution in [1.82, 2.24) is 5.32 Å². The number of carbonyl (C=O) groups excluding carboxylic acids is 2. The summed E-state index contributed by atoms with van der Waals surface area (Å²) in [5.74, 6) is -1.55. The molecule has 0 aliphatic carbocycles. The summed E-state index contributed by atoms with van der Waals surface area (Å²) in [4.78, 5) is 34.8. The second kappa shape index (κ2) is 7.65. The molecule has 0 aromatic heterocycles. The predicted octanol–water partition coefficient (Wildman–Crippen LogP) is 1.63. The van der Waals surface area contributed by atoms with Crippen molar-refractivity contribution < 1.29 is 24.4 Å². The van der Waals surface area contributed by atoms with Gasteiger partial charge in [0.1, 0.15) is 17.0 Å². The van der Waals surface area contributed by atoms with E-state index in [2.05, 4.69) is 10.6 Å². The van der Waals surface area contributed by atoms with E-state index in [0.717, 1.165) is 0 Å². The average Bonchev–Trinajstić information content (AvgIpc) is 2.67. The van der Waals surface area contributed by atoms with Crippen LogP contribution in [0, 0.1) is 17.0 Å². The van der Waals surface area contributed by atoms with Gasteiger partial charge in [0, 0.05) is 18.1 Å². The van der Waals surface area contributed by atoms with Crippen LogP contribution in [0.25, 0.3) is 0 Å². The van der Waals surface area contributed by atoms with E-state index in [-0.39, 0.29) is 30.9 Å². The number of nitro benzene ring substituents is 1. The molecule has 1 aliphatic heterocycles. The Morgan fingerprint density at radius 3 is 2.75 bits per heavy atom. The molecule has 0 saturated carbocycles. The Labute approximate surface area is 160 Å². The highest BCUT2D eigenvalue weighted by molar-refractivity contribution is 6.39. The summed E-state index contributed by atoms with van der Waals surface area (Å²) >= 11 is 0. The molecule has 2 aromatic rings. The molecule has 2 aromatic carbocycles. The monoisotopic (exact) mass is 385 g/mol. The molecule has 0 saturated heterocycles. The molecular formula is C19H19N3O6. The molecule has 146 valence electrons. The standard InChI is InChI=1S/C19H19N3O6/c1-12-6-7-14(15(10-12)22(26)27)21-18(24)17(23)20-11-19(25)8-9-28-16-5-3-2-4-13(16)19/h2-7,10,25H,8-9,11H2,1H3,(H,20,23)(H,21,24). The van der Waals surface area contributed by atoms with E-state index >= 15 is 0 Å². The number of para-hydroxylation sites is 1. The fourth-order valence-electron chi connectivity index (χ4n) is 3.01. The number of rotatable bonds is 4. The van der Waals surface area contributed by atoms with Gasteiger partial charge in [0.15, 0.2) is 0 Å². The molecule has 9 nitrogen and oxygen atoms in total. The van der Waals surface area contributed by atoms with E-state index in [1.807, 2.05) is 0 Å². The Morgan fingerprint density at radius 2 is 2.00 bits per heavy atom. The zero-order valence-corrected chi connectivity index (χ0v) is 15.1. The van der Waals surface area contributed by atoms with Gasteiger partial charge < -0.3 is 20.5 Å². The third kappa shape index (κ3) is 3.94. The van der Waals surface area contributed by atoms with E-state index in [1.54, 1.807) is 37.3 Å². The van der Waals surface area contributed by atoms with Gasteiger partial charge in [0.2, 0.25) is 0 Å². The van der Waals surface area contributed by atoms with Crippen LogP contribution in [-0.4, -0.2) is 35.0 Å². The lowest BCUT2D eigenvalue weighted by molar-refractivity contribution is -0.384. The molecule has 0 fully saturated rings. The number of fused-ring (bicyclic) bond motifs is 1. The first kappa shape index (κ1) is 19.3. The highest BCUT2D eigenvalue weighted by Crippen LogP contribution is 2.36. The summed E-state index contributed by atoms with van der Waals surface area (Å²) in [6.45, 7) is 1.75. The minimum atomic E-state index is -1.37. The molecule has 1 aliphatic rings. The van der Waals surface area contributed by atoms with E-state index < -0.39 is 22.3 Å². The lowest BCUT2D eigenvalue weighted by Gasteiger charge is -2.34. The fourth-order valence-corrected chi connectivity index (χ4v) is 3.01. The first-order valence-electron chi connectivity index (χ1n) is 8.59. The zero-order chi connectivity index (χ0) is 20.3. The Morgan fingerprint density at radius 1 is 1.25 bits per heavy atom. The topological polar surface area (TPSA) is 131 Å². The van der Waals surface area contributed by atoms with Crippen molar-refractivity contribution in [2.75, 3.05) is 18.5 Å². The van der Waals surface area contributed by atoms with Crippen LogP contribution in [-0.2, 0) is 15.2 Å².